The molecule has 2 rings (SSSR count). The first-order valence-corrected chi connectivity index (χ1v) is 6.53. The molecule has 0 radical (unpaired) electrons. The van der Waals surface area contributed by atoms with Gasteiger partial charge in [0.05, 0.1) is 31.5 Å². The van der Waals surface area contributed by atoms with Crippen LogP contribution in [0.2, 0.25) is 0 Å². The van der Waals surface area contributed by atoms with Crippen molar-refractivity contribution in [3.8, 4) is 0 Å². The molecule has 1 aliphatic heterocycles. The smallest absolute Gasteiger partial charge is 0.0938 e. The molecule has 106 valence electrons. The van der Waals surface area contributed by atoms with Gasteiger partial charge in [-0.05, 0) is 5.56 Å². The Balaban J connectivity index is 1.64. The third kappa shape index (κ3) is 4.56. The molecule has 0 amide bonds. The van der Waals surface area contributed by atoms with Gasteiger partial charge in [0.25, 0.3) is 0 Å². The lowest BCUT2D eigenvalue weighted by atomic mass is 10.2. The van der Waals surface area contributed by atoms with E-state index in [0.29, 0.717) is 26.2 Å². The van der Waals surface area contributed by atoms with E-state index in [9.17, 15) is 15.3 Å². The van der Waals surface area contributed by atoms with Gasteiger partial charge in [-0.15, -0.1) is 0 Å². The molecule has 1 saturated heterocycles. The minimum atomic E-state index is -0.711. The molecule has 5 heteroatoms. The number of nitrogens with zero attached hydrogens (tertiary/aromatic N) is 1. The van der Waals surface area contributed by atoms with Crippen molar-refractivity contribution >= 4 is 0 Å². The van der Waals surface area contributed by atoms with Crippen LogP contribution in [0.1, 0.15) is 5.56 Å². The number of aliphatic hydroxyl groups is 3. The molecule has 0 bridgehead atoms. The summed E-state index contributed by atoms with van der Waals surface area (Å²) in [4.78, 5) is 1.84. The van der Waals surface area contributed by atoms with Crippen LogP contribution in [0.4, 0.5) is 0 Å². The molecule has 0 aromatic heterocycles. The summed E-state index contributed by atoms with van der Waals surface area (Å²) in [6, 6.07) is 9.78. The van der Waals surface area contributed by atoms with Crippen molar-refractivity contribution in [2.24, 2.45) is 0 Å². The van der Waals surface area contributed by atoms with Crippen LogP contribution in [0.5, 0.6) is 0 Å². The average molecular weight is 267 g/mol. The first kappa shape index (κ1) is 14.4. The maximum Gasteiger partial charge on any atom is 0.0938 e. The van der Waals surface area contributed by atoms with Gasteiger partial charge in [0.1, 0.15) is 0 Å². The monoisotopic (exact) mass is 267 g/mol. The molecule has 1 unspecified atom stereocenters. The first-order valence-electron chi connectivity index (χ1n) is 6.53. The quantitative estimate of drug-likeness (QED) is 0.654. The number of rotatable bonds is 6. The topological polar surface area (TPSA) is 73.2 Å². The van der Waals surface area contributed by atoms with Gasteiger partial charge in [-0.1, -0.05) is 30.3 Å². The highest BCUT2D eigenvalue weighted by atomic mass is 16.5. The van der Waals surface area contributed by atoms with E-state index >= 15 is 0 Å². The highest BCUT2D eigenvalue weighted by Gasteiger charge is 2.30. The van der Waals surface area contributed by atoms with Crippen LogP contribution in [0, 0.1) is 0 Å². The Labute approximate surface area is 113 Å². The molecule has 19 heavy (non-hydrogen) atoms. The van der Waals surface area contributed by atoms with E-state index in [1.54, 1.807) is 0 Å². The summed E-state index contributed by atoms with van der Waals surface area (Å²) in [5, 5.41) is 28.6. The van der Waals surface area contributed by atoms with Crippen molar-refractivity contribution in [2.45, 2.75) is 24.9 Å². The standard InChI is InChI=1S/C14H21NO4/c16-12(6-15-7-13(17)14(18)8-15)10-19-9-11-4-2-1-3-5-11/h1-5,12-14,16-18H,6-10H2/t12?,13-,14+. The number of hydrogen-bond donors (Lipinski definition) is 3. The van der Waals surface area contributed by atoms with E-state index in [4.69, 9.17) is 4.74 Å². The van der Waals surface area contributed by atoms with E-state index in [-0.39, 0.29) is 6.61 Å². The fourth-order valence-corrected chi connectivity index (χ4v) is 2.23. The highest BCUT2D eigenvalue weighted by Crippen LogP contribution is 2.10. The van der Waals surface area contributed by atoms with Gasteiger partial charge in [0.2, 0.25) is 0 Å². The molecule has 1 heterocycles. The lowest BCUT2D eigenvalue weighted by Gasteiger charge is -2.19. The van der Waals surface area contributed by atoms with Gasteiger partial charge >= 0.3 is 0 Å². The highest BCUT2D eigenvalue weighted by molar-refractivity contribution is 5.13. The summed E-state index contributed by atoms with van der Waals surface area (Å²) >= 11 is 0. The van der Waals surface area contributed by atoms with Gasteiger partial charge in [-0.3, -0.25) is 4.90 Å². The fourth-order valence-electron chi connectivity index (χ4n) is 2.23. The normalized spacial score (nSPS) is 25.6. The Morgan fingerprint density at radius 2 is 1.79 bits per heavy atom. The Kier molecular flexibility index (Phi) is 5.30. The van der Waals surface area contributed by atoms with Gasteiger partial charge in [0, 0.05) is 19.6 Å². The summed E-state index contributed by atoms with van der Waals surface area (Å²) in [5.74, 6) is 0. The number of ether oxygens (including phenoxy) is 1. The van der Waals surface area contributed by atoms with Crippen LogP contribution in [-0.4, -0.2) is 64.8 Å². The van der Waals surface area contributed by atoms with Crippen molar-refractivity contribution in [3.63, 3.8) is 0 Å². The molecule has 1 aliphatic rings. The summed E-state index contributed by atoms with van der Waals surface area (Å²) in [6.07, 6.45) is -2.03. The summed E-state index contributed by atoms with van der Waals surface area (Å²) < 4.78 is 5.44. The molecule has 5 nitrogen and oxygen atoms in total. The van der Waals surface area contributed by atoms with Gasteiger partial charge < -0.3 is 20.1 Å². The zero-order chi connectivity index (χ0) is 13.7. The number of hydrogen-bond acceptors (Lipinski definition) is 5. The van der Waals surface area contributed by atoms with Crippen molar-refractivity contribution in [1.82, 2.24) is 4.90 Å². The maximum atomic E-state index is 9.83. The van der Waals surface area contributed by atoms with Crippen LogP contribution in [-0.2, 0) is 11.3 Å². The summed E-state index contributed by atoms with van der Waals surface area (Å²) in [6.45, 7) is 1.93. The third-order valence-corrected chi connectivity index (χ3v) is 3.23. The summed E-state index contributed by atoms with van der Waals surface area (Å²) in [5.41, 5.74) is 1.07. The van der Waals surface area contributed by atoms with Crippen LogP contribution >= 0.6 is 0 Å². The Hall–Kier alpha value is -0.980. The lowest BCUT2D eigenvalue weighted by molar-refractivity contribution is 0.0115. The van der Waals surface area contributed by atoms with E-state index in [2.05, 4.69) is 0 Å². The first-order chi connectivity index (χ1) is 9.15. The zero-order valence-electron chi connectivity index (χ0n) is 10.9. The molecule has 1 aromatic rings. The molecule has 0 aliphatic carbocycles. The van der Waals surface area contributed by atoms with Gasteiger partial charge in [-0.2, -0.15) is 0 Å². The molecule has 1 aromatic carbocycles. The number of β-amino-alcohol motifs (C(OH)–C–C–N with tert-alkyl or cyclic N) is 3. The van der Waals surface area contributed by atoms with Crippen molar-refractivity contribution in [1.29, 1.82) is 0 Å². The molecule has 3 atom stereocenters. The third-order valence-electron chi connectivity index (χ3n) is 3.23. The lowest BCUT2D eigenvalue weighted by Crippen LogP contribution is -2.34. The van der Waals surface area contributed by atoms with Crippen LogP contribution in [0.3, 0.4) is 0 Å². The molecule has 0 saturated carbocycles. The Bertz CT molecular complexity index is 363. The average Bonchev–Trinajstić information content (AvgIpc) is 2.69. The number of aliphatic hydroxyl groups excluding tert-OH is 3. The van der Waals surface area contributed by atoms with Crippen LogP contribution < -0.4 is 0 Å². The Morgan fingerprint density at radius 3 is 2.42 bits per heavy atom. The van der Waals surface area contributed by atoms with E-state index < -0.39 is 18.3 Å². The van der Waals surface area contributed by atoms with Gasteiger partial charge in [-0.25, -0.2) is 0 Å². The second-order valence-corrected chi connectivity index (χ2v) is 5.01. The molecule has 0 spiro atoms. The Morgan fingerprint density at radius 1 is 1.16 bits per heavy atom. The summed E-state index contributed by atoms with van der Waals surface area (Å²) in [7, 11) is 0. The second kappa shape index (κ2) is 6.98. The minimum Gasteiger partial charge on any atom is -0.389 e. The largest absolute Gasteiger partial charge is 0.389 e. The molecular weight excluding hydrogens is 246 g/mol. The number of benzene rings is 1. The number of likely N-dealkylation sites (tertiary alicyclic amines) is 1. The van der Waals surface area contributed by atoms with E-state index in [0.717, 1.165) is 5.56 Å². The maximum absolute atomic E-state index is 9.83. The molecule has 3 N–H and O–H groups in total. The fraction of sp³-hybridized carbons (Fsp3) is 0.571. The van der Waals surface area contributed by atoms with Crippen LogP contribution in [0.15, 0.2) is 30.3 Å². The predicted octanol–water partition coefficient (Wildman–Crippen LogP) is -0.399. The molecular formula is C14H21NO4. The van der Waals surface area contributed by atoms with E-state index in [1.807, 2.05) is 35.2 Å². The predicted molar refractivity (Wildman–Crippen MR) is 70.6 cm³/mol. The van der Waals surface area contributed by atoms with Crippen molar-refractivity contribution in [3.05, 3.63) is 35.9 Å². The van der Waals surface area contributed by atoms with Crippen molar-refractivity contribution < 1.29 is 20.1 Å². The zero-order valence-corrected chi connectivity index (χ0v) is 10.9. The SMILES string of the molecule is OC(COCc1ccccc1)CN1C[C@@H](O)[C@@H](O)C1. The van der Waals surface area contributed by atoms with E-state index in [1.165, 1.54) is 0 Å². The van der Waals surface area contributed by atoms with Gasteiger partial charge in [0.15, 0.2) is 0 Å². The molecule has 1 fully saturated rings. The van der Waals surface area contributed by atoms with Crippen molar-refractivity contribution in [2.75, 3.05) is 26.2 Å². The minimum absolute atomic E-state index is 0.248. The second-order valence-electron chi connectivity index (χ2n) is 5.01. The van der Waals surface area contributed by atoms with Crippen LogP contribution in [0.25, 0.3) is 0 Å².